The summed E-state index contributed by atoms with van der Waals surface area (Å²) in [5, 5.41) is 2.57. The van der Waals surface area contributed by atoms with Crippen LogP contribution >= 0.6 is 0 Å². The van der Waals surface area contributed by atoms with Crippen LogP contribution in [0.5, 0.6) is 11.5 Å². The average Bonchev–Trinajstić information content (AvgIpc) is 2.90. The lowest BCUT2D eigenvalue weighted by Crippen LogP contribution is -2.40. The third-order valence-electron chi connectivity index (χ3n) is 5.41. The number of pyridine rings is 1. The lowest BCUT2D eigenvalue weighted by atomic mass is 9.97. The van der Waals surface area contributed by atoms with Crippen LogP contribution in [0.25, 0.3) is 5.57 Å². The largest absolute Gasteiger partial charge is 0.493 e. The molecule has 8 nitrogen and oxygen atoms in total. The van der Waals surface area contributed by atoms with Gasteiger partial charge in [0.15, 0.2) is 11.4 Å². The van der Waals surface area contributed by atoms with Crippen molar-refractivity contribution in [3.63, 3.8) is 0 Å². The van der Waals surface area contributed by atoms with E-state index in [2.05, 4.69) is 10.3 Å². The Morgan fingerprint density at radius 3 is 2.08 bits per heavy atom. The van der Waals surface area contributed by atoms with Gasteiger partial charge in [-0.2, -0.15) is 0 Å². The van der Waals surface area contributed by atoms with E-state index in [-0.39, 0.29) is 23.6 Å². The molecule has 0 radical (unpaired) electrons. The molecule has 1 N–H and O–H groups in total. The molecule has 1 atom stereocenters. The quantitative estimate of drug-likeness (QED) is 0.309. The SMILES string of the molecule is CCCC(=O)Oc1c(OC)ccnc1C(=O)N[C@@H](C)C(=O)OC(C)=C(c1ccccc1)c1ccccc1. The first-order valence-electron chi connectivity index (χ1n) is 11.9. The number of rotatable bonds is 10. The van der Waals surface area contributed by atoms with Crippen LogP contribution in [0.3, 0.4) is 0 Å². The summed E-state index contributed by atoms with van der Waals surface area (Å²) >= 11 is 0. The number of aromatic nitrogens is 1. The summed E-state index contributed by atoms with van der Waals surface area (Å²) in [5.41, 5.74) is 2.35. The molecule has 1 aromatic heterocycles. The van der Waals surface area contributed by atoms with E-state index >= 15 is 0 Å². The first-order chi connectivity index (χ1) is 17.8. The minimum Gasteiger partial charge on any atom is -0.493 e. The molecular formula is C29H30N2O6. The number of allylic oxidation sites excluding steroid dienone is 1. The van der Waals surface area contributed by atoms with Gasteiger partial charge < -0.3 is 19.5 Å². The first-order valence-corrected chi connectivity index (χ1v) is 11.9. The molecule has 0 saturated carbocycles. The highest BCUT2D eigenvalue weighted by atomic mass is 16.6. The van der Waals surface area contributed by atoms with E-state index in [4.69, 9.17) is 14.2 Å². The Bertz CT molecular complexity index is 1230. The van der Waals surface area contributed by atoms with E-state index in [1.54, 1.807) is 6.92 Å². The van der Waals surface area contributed by atoms with Gasteiger partial charge in [-0.25, -0.2) is 9.78 Å². The van der Waals surface area contributed by atoms with Gasteiger partial charge in [-0.3, -0.25) is 9.59 Å². The summed E-state index contributed by atoms with van der Waals surface area (Å²) in [6, 6.07) is 19.6. The number of ether oxygens (including phenoxy) is 3. The Balaban J connectivity index is 1.82. The van der Waals surface area contributed by atoms with Crippen molar-refractivity contribution in [3.8, 4) is 11.5 Å². The van der Waals surface area contributed by atoms with Crippen molar-refractivity contribution >= 4 is 23.4 Å². The highest BCUT2D eigenvalue weighted by Gasteiger charge is 2.26. The van der Waals surface area contributed by atoms with Crippen LogP contribution in [0, 0.1) is 0 Å². The summed E-state index contributed by atoms with van der Waals surface area (Å²) in [5.74, 6) is -1.44. The second kappa shape index (κ2) is 13.0. The molecule has 8 heteroatoms. The van der Waals surface area contributed by atoms with E-state index in [1.807, 2.05) is 67.6 Å². The minimum atomic E-state index is -1.03. The zero-order valence-corrected chi connectivity index (χ0v) is 21.3. The standard InChI is InChI=1S/C29H30N2O6/c1-5-12-24(32)37-27-23(35-4)17-18-30-26(27)28(33)31-19(2)29(34)36-20(3)25(21-13-8-6-9-14-21)22-15-10-7-11-16-22/h6-11,13-19H,5,12H2,1-4H3,(H,31,33)/t19-/m0/s1. The number of carbonyl (C=O) groups is 3. The first kappa shape index (κ1) is 27.1. The van der Waals surface area contributed by atoms with Crippen LogP contribution in [-0.2, 0) is 14.3 Å². The van der Waals surface area contributed by atoms with Crippen molar-refractivity contribution in [1.29, 1.82) is 0 Å². The Hall–Kier alpha value is -4.46. The zero-order chi connectivity index (χ0) is 26.8. The molecule has 0 spiro atoms. The van der Waals surface area contributed by atoms with Crippen molar-refractivity contribution in [1.82, 2.24) is 10.3 Å². The third kappa shape index (κ3) is 7.04. The summed E-state index contributed by atoms with van der Waals surface area (Å²) < 4.78 is 16.3. The fraction of sp³-hybridized carbons (Fsp3) is 0.241. The summed E-state index contributed by atoms with van der Waals surface area (Å²) in [7, 11) is 1.39. The molecular weight excluding hydrogens is 472 g/mol. The van der Waals surface area contributed by atoms with Crippen LogP contribution in [-0.4, -0.2) is 36.0 Å². The zero-order valence-electron chi connectivity index (χ0n) is 21.3. The molecule has 0 fully saturated rings. The van der Waals surface area contributed by atoms with E-state index < -0.39 is 23.9 Å². The number of nitrogens with one attached hydrogen (secondary N) is 1. The molecule has 0 aliphatic heterocycles. The Morgan fingerprint density at radius 1 is 0.946 bits per heavy atom. The maximum atomic E-state index is 13.0. The maximum absolute atomic E-state index is 13.0. The smallest absolute Gasteiger partial charge is 0.333 e. The van der Waals surface area contributed by atoms with Gasteiger partial charge in [0.05, 0.1) is 7.11 Å². The Morgan fingerprint density at radius 2 is 1.54 bits per heavy atom. The third-order valence-corrected chi connectivity index (χ3v) is 5.41. The number of carbonyl (C=O) groups excluding carboxylic acids is 3. The van der Waals surface area contributed by atoms with Crippen LogP contribution in [0.15, 0.2) is 78.7 Å². The molecule has 3 rings (SSSR count). The second-order valence-corrected chi connectivity index (χ2v) is 8.19. The summed E-state index contributed by atoms with van der Waals surface area (Å²) in [4.78, 5) is 42.1. The fourth-order valence-electron chi connectivity index (χ4n) is 3.62. The minimum absolute atomic E-state index is 0.104. The summed E-state index contributed by atoms with van der Waals surface area (Å²) in [6.45, 7) is 5.04. The summed E-state index contributed by atoms with van der Waals surface area (Å²) in [6.07, 6.45) is 2.10. The molecule has 1 amide bonds. The van der Waals surface area contributed by atoms with Crippen LogP contribution in [0.2, 0.25) is 0 Å². The van der Waals surface area contributed by atoms with Gasteiger partial charge in [-0.15, -0.1) is 0 Å². The molecule has 0 aliphatic carbocycles. The van der Waals surface area contributed by atoms with Crippen molar-refractivity contribution < 1.29 is 28.6 Å². The highest BCUT2D eigenvalue weighted by Crippen LogP contribution is 2.30. The van der Waals surface area contributed by atoms with Gasteiger partial charge in [-0.1, -0.05) is 67.6 Å². The van der Waals surface area contributed by atoms with Gasteiger partial charge in [0.2, 0.25) is 5.75 Å². The van der Waals surface area contributed by atoms with Crippen LogP contribution in [0.4, 0.5) is 0 Å². The van der Waals surface area contributed by atoms with Crippen molar-refractivity contribution in [3.05, 3.63) is 95.5 Å². The van der Waals surface area contributed by atoms with Crippen molar-refractivity contribution in [2.75, 3.05) is 7.11 Å². The number of benzene rings is 2. The molecule has 3 aromatic rings. The topological polar surface area (TPSA) is 104 Å². The normalized spacial score (nSPS) is 11.1. The molecule has 2 aromatic carbocycles. The number of methoxy groups -OCH3 is 1. The predicted octanol–water partition coefficient (Wildman–Crippen LogP) is 4.94. The molecule has 192 valence electrons. The lowest BCUT2D eigenvalue weighted by molar-refractivity contribution is -0.141. The predicted molar refractivity (Wildman–Crippen MR) is 139 cm³/mol. The molecule has 0 aliphatic rings. The number of hydrogen-bond donors (Lipinski definition) is 1. The van der Waals surface area contributed by atoms with Crippen LogP contribution in [0.1, 0.15) is 55.2 Å². The number of hydrogen-bond acceptors (Lipinski definition) is 7. The average molecular weight is 503 g/mol. The molecule has 1 heterocycles. The maximum Gasteiger partial charge on any atom is 0.333 e. The highest BCUT2D eigenvalue weighted by molar-refractivity contribution is 5.99. The Kier molecular flexibility index (Phi) is 9.55. The monoisotopic (exact) mass is 502 g/mol. The van der Waals surface area contributed by atoms with Gasteiger partial charge in [0.25, 0.3) is 5.91 Å². The van der Waals surface area contributed by atoms with E-state index in [9.17, 15) is 14.4 Å². The van der Waals surface area contributed by atoms with Gasteiger partial charge in [0.1, 0.15) is 11.8 Å². The molecule has 0 unspecified atom stereocenters. The van der Waals surface area contributed by atoms with Crippen LogP contribution < -0.4 is 14.8 Å². The van der Waals surface area contributed by atoms with E-state index in [0.717, 1.165) is 16.7 Å². The fourth-order valence-corrected chi connectivity index (χ4v) is 3.62. The van der Waals surface area contributed by atoms with Gasteiger partial charge in [-0.05, 0) is 31.4 Å². The van der Waals surface area contributed by atoms with E-state index in [0.29, 0.717) is 12.2 Å². The molecule has 37 heavy (non-hydrogen) atoms. The number of nitrogens with zero attached hydrogens (tertiary/aromatic N) is 1. The van der Waals surface area contributed by atoms with Gasteiger partial charge >= 0.3 is 11.9 Å². The number of esters is 2. The molecule has 0 bridgehead atoms. The lowest BCUT2D eigenvalue weighted by Gasteiger charge is -2.18. The van der Waals surface area contributed by atoms with E-state index in [1.165, 1.54) is 26.3 Å². The van der Waals surface area contributed by atoms with Crippen molar-refractivity contribution in [2.45, 2.75) is 39.7 Å². The van der Waals surface area contributed by atoms with Crippen molar-refractivity contribution in [2.24, 2.45) is 0 Å². The van der Waals surface area contributed by atoms with Gasteiger partial charge in [0, 0.05) is 24.3 Å². The Labute approximate surface area is 216 Å². The second-order valence-electron chi connectivity index (χ2n) is 8.19. The number of amides is 1. The molecule has 0 saturated heterocycles.